The van der Waals surface area contributed by atoms with Crippen molar-refractivity contribution in [1.82, 2.24) is 0 Å². The largest absolute Gasteiger partial charge is 0.323 e. The van der Waals surface area contributed by atoms with Crippen LogP contribution in [0.4, 0.5) is 0 Å². The van der Waals surface area contributed by atoms with E-state index in [1.807, 2.05) is 11.8 Å². The molecular weight excluding hydrogens is 222 g/mol. The molecule has 2 N–H and O–H groups in total. The first-order valence-electron chi connectivity index (χ1n) is 5.12. The highest BCUT2D eigenvalue weighted by Gasteiger charge is 2.09. The second kappa shape index (κ2) is 5.01. The molecule has 3 heteroatoms. The summed E-state index contributed by atoms with van der Waals surface area (Å²) in [6, 6.07) is 8.72. The summed E-state index contributed by atoms with van der Waals surface area (Å²) in [5, 5.41) is 3.45. The quantitative estimate of drug-likeness (QED) is 0.878. The van der Waals surface area contributed by atoms with E-state index in [9.17, 15) is 0 Å². The second-order valence-electron chi connectivity index (χ2n) is 3.45. The molecule has 1 aromatic carbocycles. The van der Waals surface area contributed by atoms with Gasteiger partial charge in [0.15, 0.2) is 0 Å². The van der Waals surface area contributed by atoms with Crippen molar-refractivity contribution in [3.8, 4) is 0 Å². The summed E-state index contributed by atoms with van der Waals surface area (Å²) < 4.78 is 1.35. The van der Waals surface area contributed by atoms with Gasteiger partial charge in [0.05, 0.1) is 0 Å². The molecule has 2 aromatic rings. The standard InChI is InChI=1S/C12H15NS2/c1-2-14-8-11(13)10-5-3-4-9-6-7-15-12(9)10/h3-7,11H,2,8,13H2,1H3. The Kier molecular flexibility index (Phi) is 3.67. The van der Waals surface area contributed by atoms with Crippen LogP contribution in [0.1, 0.15) is 18.5 Å². The normalized spacial score (nSPS) is 13.2. The molecular formula is C12H15NS2. The van der Waals surface area contributed by atoms with Gasteiger partial charge in [-0.3, -0.25) is 0 Å². The summed E-state index contributed by atoms with van der Waals surface area (Å²) in [7, 11) is 0. The zero-order valence-corrected chi connectivity index (χ0v) is 10.4. The Hall–Kier alpha value is -0.510. The monoisotopic (exact) mass is 237 g/mol. The highest BCUT2D eigenvalue weighted by atomic mass is 32.2. The third-order valence-corrected chi connectivity index (χ3v) is 4.39. The summed E-state index contributed by atoms with van der Waals surface area (Å²) in [5.41, 5.74) is 7.49. The molecule has 0 spiro atoms. The van der Waals surface area contributed by atoms with E-state index < -0.39 is 0 Å². The van der Waals surface area contributed by atoms with Gasteiger partial charge in [0.2, 0.25) is 0 Å². The summed E-state index contributed by atoms with van der Waals surface area (Å²) >= 11 is 3.69. The van der Waals surface area contributed by atoms with Crippen LogP contribution in [0, 0.1) is 0 Å². The zero-order valence-electron chi connectivity index (χ0n) is 8.77. The first-order valence-corrected chi connectivity index (χ1v) is 7.15. The highest BCUT2D eigenvalue weighted by Crippen LogP contribution is 2.29. The van der Waals surface area contributed by atoms with E-state index in [1.165, 1.54) is 15.6 Å². The van der Waals surface area contributed by atoms with Gasteiger partial charge in [-0.05, 0) is 28.1 Å². The molecule has 80 valence electrons. The van der Waals surface area contributed by atoms with Crippen LogP contribution in [-0.2, 0) is 0 Å². The molecule has 15 heavy (non-hydrogen) atoms. The van der Waals surface area contributed by atoms with Gasteiger partial charge in [0, 0.05) is 16.5 Å². The molecule has 0 fully saturated rings. The molecule has 1 atom stereocenters. The summed E-state index contributed by atoms with van der Waals surface area (Å²) in [6.45, 7) is 2.17. The van der Waals surface area contributed by atoms with Crippen molar-refractivity contribution in [2.75, 3.05) is 11.5 Å². The molecule has 0 aliphatic carbocycles. The molecule has 0 radical (unpaired) electrons. The number of thioether (sulfide) groups is 1. The third kappa shape index (κ3) is 2.36. The van der Waals surface area contributed by atoms with E-state index >= 15 is 0 Å². The van der Waals surface area contributed by atoms with Crippen LogP contribution in [0.25, 0.3) is 10.1 Å². The Morgan fingerprint density at radius 2 is 2.27 bits per heavy atom. The van der Waals surface area contributed by atoms with E-state index in [0.29, 0.717) is 0 Å². The summed E-state index contributed by atoms with van der Waals surface area (Å²) in [4.78, 5) is 0. The van der Waals surface area contributed by atoms with Gasteiger partial charge < -0.3 is 5.73 Å². The van der Waals surface area contributed by atoms with E-state index in [4.69, 9.17) is 5.73 Å². The van der Waals surface area contributed by atoms with Crippen molar-refractivity contribution in [2.24, 2.45) is 5.73 Å². The van der Waals surface area contributed by atoms with Crippen molar-refractivity contribution in [3.05, 3.63) is 35.2 Å². The Labute approximate surface area is 98.7 Å². The van der Waals surface area contributed by atoms with Crippen molar-refractivity contribution in [3.63, 3.8) is 0 Å². The molecule has 0 aliphatic heterocycles. The number of benzene rings is 1. The van der Waals surface area contributed by atoms with Crippen LogP contribution in [-0.4, -0.2) is 11.5 Å². The first-order chi connectivity index (χ1) is 7.33. The molecule has 1 heterocycles. The minimum Gasteiger partial charge on any atom is -0.323 e. The van der Waals surface area contributed by atoms with Crippen LogP contribution in [0.2, 0.25) is 0 Å². The van der Waals surface area contributed by atoms with Crippen LogP contribution in [0.3, 0.4) is 0 Å². The number of thiophene rings is 1. The number of fused-ring (bicyclic) bond motifs is 1. The predicted molar refractivity (Wildman–Crippen MR) is 71.8 cm³/mol. The SMILES string of the molecule is CCSCC(N)c1cccc2ccsc12. The highest BCUT2D eigenvalue weighted by molar-refractivity contribution is 7.99. The van der Waals surface area contributed by atoms with E-state index in [0.717, 1.165) is 11.5 Å². The van der Waals surface area contributed by atoms with Gasteiger partial charge >= 0.3 is 0 Å². The maximum absolute atomic E-state index is 6.19. The van der Waals surface area contributed by atoms with Crippen molar-refractivity contribution >= 4 is 33.2 Å². The summed E-state index contributed by atoms with van der Waals surface area (Å²) in [6.07, 6.45) is 0. The summed E-state index contributed by atoms with van der Waals surface area (Å²) in [5.74, 6) is 2.14. The van der Waals surface area contributed by atoms with Gasteiger partial charge in [-0.1, -0.05) is 25.1 Å². The molecule has 0 saturated heterocycles. The van der Waals surface area contributed by atoms with Crippen LogP contribution in [0.5, 0.6) is 0 Å². The smallest absolute Gasteiger partial charge is 0.0401 e. The lowest BCUT2D eigenvalue weighted by molar-refractivity contribution is 0.842. The van der Waals surface area contributed by atoms with Gasteiger partial charge in [-0.2, -0.15) is 11.8 Å². The fourth-order valence-electron chi connectivity index (χ4n) is 1.64. The Bertz CT molecular complexity index is 436. The fourth-order valence-corrected chi connectivity index (χ4v) is 3.29. The van der Waals surface area contributed by atoms with Crippen LogP contribution >= 0.6 is 23.1 Å². The zero-order chi connectivity index (χ0) is 10.7. The lowest BCUT2D eigenvalue weighted by atomic mass is 10.1. The van der Waals surface area contributed by atoms with Gasteiger partial charge in [-0.15, -0.1) is 11.3 Å². The van der Waals surface area contributed by atoms with Crippen molar-refractivity contribution in [1.29, 1.82) is 0 Å². The van der Waals surface area contributed by atoms with Gasteiger partial charge in [-0.25, -0.2) is 0 Å². The van der Waals surface area contributed by atoms with Gasteiger partial charge in [0.25, 0.3) is 0 Å². The number of rotatable bonds is 4. The van der Waals surface area contributed by atoms with Crippen molar-refractivity contribution < 1.29 is 0 Å². The molecule has 0 saturated carbocycles. The van der Waals surface area contributed by atoms with E-state index in [-0.39, 0.29) is 6.04 Å². The number of hydrogen-bond acceptors (Lipinski definition) is 3. The minimum absolute atomic E-state index is 0.164. The van der Waals surface area contributed by atoms with Crippen LogP contribution < -0.4 is 5.73 Å². The Morgan fingerprint density at radius 1 is 1.40 bits per heavy atom. The Morgan fingerprint density at radius 3 is 3.07 bits per heavy atom. The average Bonchev–Trinajstić information content (AvgIpc) is 2.73. The number of hydrogen-bond donors (Lipinski definition) is 1. The fraction of sp³-hybridized carbons (Fsp3) is 0.333. The molecule has 2 rings (SSSR count). The lowest BCUT2D eigenvalue weighted by Gasteiger charge is -2.11. The van der Waals surface area contributed by atoms with Crippen LogP contribution in [0.15, 0.2) is 29.6 Å². The van der Waals surface area contributed by atoms with E-state index in [1.54, 1.807) is 11.3 Å². The second-order valence-corrected chi connectivity index (χ2v) is 5.69. The van der Waals surface area contributed by atoms with Gasteiger partial charge in [0.1, 0.15) is 0 Å². The topological polar surface area (TPSA) is 26.0 Å². The van der Waals surface area contributed by atoms with Crippen molar-refractivity contribution in [2.45, 2.75) is 13.0 Å². The number of nitrogens with two attached hydrogens (primary N) is 1. The minimum atomic E-state index is 0.164. The third-order valence-electron chi connectivity index (χ3n) is 2.41. The molecule has 1 aromatic heterocycles. The molecule has 1 nitrogen and oxygen atoms in total. The lowest BCUT2D eigenvalue weighted by Crippen LogP contribution is -2.13. The maximum atomic E-state index is 6.19. The first kappa shape index (κ1) is 11.0. The van der Waals surface area contributed by atoms with E-state index in [2.05, 4.69) is 36.6 Å². The molecule has 0 aliphatic rings. The molecule has 1 unspecified atom stereocenters. The molecule has 0 amide bonds. The maximum Gasteiger partial charge on any atom is 0.0401 e. The average molecular weight is 237 g/mol. The molecule has 0 bridgehead atoms. The Balaban J connectivity index is 2.29. The predicted octanol–water partition coefficient (Wildman–Crippen LogP) is 3.65.